The summed E-state index contributed by atoms with van der Waals surface area (Å²) < 4.78 is 1.06. The van der Waals surface area contributed by atoms with Gasteiger partial charge in [0.25, 0.3) is 0 Å². The summed E-state index contributed by atoms with van der Waals surface area (Å²) in [5.74, 6) is -1.23. The van der Waals surface area contributed by atoms with Crippen LogP contribution in [0.1, 0.15) is 139 Å². The minimum atomic E-state index is -2.64. The molecular formula is C62H73SiZr. The molecule has 0 radical (unpaired) electrons. The van der Waals surface area contributed by atoms with Gasteiger partial charge in [-0.3, -0.25) is 0 Å². The second-order valence-corrected chi connectivity index (χ2v) is 40.4. The molecule has 0 aromatic heterocycles. The van der Waals surface area contributed by atoms with Crippen LogP contribution < -0.4 is 0 Å². The molecule has 0 aliphatic heterocycles. The molecule has 2 unspecified atom stereocenters. The summed E-state index contributed by atoms with van der Waals surface area (Å²) in [6.45, 7) is 28.6. The van der Waals surface area contributed by atoms with Crippen LogP contribution in [0.25, 0.3) is 56.7 Å². The van der Waals surface area contributed by atoms with Crippen LogP contribution in [0.15, 0.2) is 108 Å². The number of hydrogen-bond acceptors (Lipinski definition) is 0. The Morgan fingerprint density at radius 1 is 0.391 bits per heavy atom. The molecule has 0 heterocycles. The summed E-state index contributed by atoms with van der Waals surface area (Å²) in [5, 5.41) is 0. The number of hydrogen-bond donors (Lipinski definition) is 0. The molecule has 64 heavy (non-hydrogen) atoms. The van der Waals surface area contributed by atoms with Gasteiger partial charge >= 0.3 is 399 Å². The second-order valence-electron chi connectivity index (χ2n) is 20.4. The molecule has 0 N–H and O–H groups in total. The van der Waals surface area contributed by atoms with E-state index in [1.54, 1.807) is 22.3 Å². The fourth-order valence-electron chi connectivity index (χ4n) is 11.8. The fraction of sp³-hybridized carbons (Fsp3) is 0.355. The van der Waals surface area contributed by atoms with Gasteiger partial charge in [0.2, 0.25) is 0 Å². The van der Waals surface area contributed by atoms with Crippen molar-refractivity contribution in [2.24, 2.45) is 0 Å². The molecule has 0 fully saturated rings. The first-order valence-corrected chi connectivity index (χ1v) is 34.7. The molecule has 0 saturated heterocycles. The number of aryl methyl sites for hydroxylation is 8. The van der Waals surface area contributed by atoms with Crippen molar-refractivity contribution in [1.29, 1.82) is 0 Å². The van der Waals surface area contributed by atoms with E-state index >= 15 is 0 Å². The predicted molar refractivity (Wildman–Crippen MR) is 281 cm³/mol. The van der Waals surface area contributed by atoms with Crippen LogP contribution in [0, 0.1) is 55.4 Å². The van der Waals surface area contributed by atoms with Crippen LogP contribution in [0.2, 0.25) is 13.1 Å². The number of rotatable bonds is 15. The van der Waals surface area contributed by atoms with Crippen molar-refractivity contribution in [3.63, 3.8) is 0 Å². The van der Waals surface area contributed by atoms with Gasteiger partial charge in [-0.25, -0.2) is 0 Å². The van der Waals surface area contributed by atoms with E-state index in [2.05, 4.69) is 192 Å². The summed E-state index contributed by atoms with van der Waals surface area (Å²) in [4.78, 5) is 0. The Morgan fingerprint density at radius 2 is 0.672 bits per heavy atom. The molecule has 0 nitrogen and oxygen atoms in total. The van der Waals surface area contributed by atoms with E-state index in [0.29, 0.717) is 7.25 Å². The average molecular weight is 938 g/mol. The Bertz CT molecular complexity index is 2510. The van der Waals surface area contributed by atoms with Crippen molar-refractivity contribution in [1.82, 2.24) is 0 Å². The van der Waals surface area contributed by atoms with Gasteiger partial charge < -0.3 is 0 Å². The van der Waals surface area contributed by atoms with E-state index in [4.69, 9.17) is 0 Å². The Hall–Kier alpha value is -4.10. The van der Waals surface area contributed by atoms with Crippen molar-refractivity contribution >= 4 is 18.1 Å². The number of benzene rings is 6. The van der Waals surface area contributed by atoms with E-state index in [9.17, 15) is 0 Å². The first-order chi connectivity index (χ1) is 30.7. The molecule has 0 amide bonds. The predicted octanol–water partition coefficient (Wildman–Crippen LogP) is 18.2. The quantitative estimate of drug-likeness (QED) is 0.0711. The molecule has 0 spiro atoms. The molecule has 8 rings (SSSR count). The van der Waals surface area contributed by atoms with Crippen LogP contribution >= 0.6 is 0 Å². The van der Waals surface area contributed by atoms with Crippen molar-refractivity contribution in [3.8, 4) is 44.5 Å². The molecule has 329 valence electrons. The van der Waals surface area contributed by atoms with Gasteiger partial charge in [0, 0.05) is 0 Å². The Morgan fingerprint density at radius 3 is 0.953 bits per heavy atom. The van der Waals surface area contributed by atoms with Crippen LogP contribution in [0.5, 0.6) is 0 Å². The Labute approximate surface area is 396 Å². The normalized spacial score (nSPS) is 15.4. The molecule has 6 aromatic rings. The SMILES string of the molecule is CCCCCC1=Cc2c(-c3cc(C)cc(C)c3)ccc(-c3cc(C)cc(C)c3)c2[CH]1[Zr]([CH]1C(CCCCC)=Cc2c(-c3cc(C)cc(C)c3)ccc(-c3cc(C)cc(C)c3)c21)[SiH](C)C. The van der Waals surface area contributed by atoms with E-state index in [1.165, 1.54) is 152 Å². The third kappa shape index (κ3) is 9.58. The maximum absolute atomic E-state index is 2.78. The number of allylic oxidation sites excluding steroid dienone is 2. The van der Waals surface area contributed by atoms with Crippen LogP contribution in [-0.4, -0.2) is 5.92 Å². The molecule has 6 aromatic carbocycles. The number of fused-ring (bicyclic) bond motifs is 2. The van der Waals surface area contributed by atoms with Crippen LogP contribution in [0.4, 0.5) is 0 Å². The van der Waals surface area contributed by atoms with Gasteiger partial charge in [0.1, 0.15) is 0 Å². The molecule has 0 saturated carbocycles. The molecule has 2 aliphatic rings. The Balaban J connectivity index is 1.45. The summed E-state index contributed by atoms with van der Waals surface area (Å²) in [5.41, 5.74) is 32.1. The molecule has 2 atom stereocenters. The average Bonchev–Trinajstić information content (AvgIpc) is 3.78. The van der Waals surface area contributed by atoms with Crippen molar-refractivity contribution in [2.75, 3.05) is 0 Å². The third-order valence-corrected chi connectivity index (χ3v) is 35.8. The third-order valence-electron chi connectivity index (χ3n) is 14.2. The summed E-state index contributed by atoms with van der Waals surface area (Å²) in [6.07, 6.45) is 15.6. The van der Waals surface area contributed by atoms with Crippen molar-refractivity contribution < 1.29 is 20.9 Å². The van der Waals surface area contributed by atoms with Gasteiger partial charge in [-0.1, -0.05) is 0 Å². The zero-order valence-electron chi connectivity index (χ0n) is 41.3. The standard InChI is InChI=1S/2C30H33.C2H7Si.Zr/c2*1-6-7-8-9-24-18-29-27(25-14-20(2)12-21(3)15-25)10-11-28(30(29)19-24)26-16-22(4)13-23(5)17-26;1-3-2;/h2*10-19H,6-9H2,1-5H3;3H,1-2H3;. The van der Waals surface area contributed by atoms with E-state index in [-0.39, 0.29) is 0 Å². The topological polar surface area (TPSA) is 0 Å². The summed E-state index contributed by atoms with van der Waals surface area (Å²) >= 11 is -2.64. The van der Waals surface area contributed by atoms with Crippen molar-refractivity contribution in [2.45, 2.75) is 141 Å². The molecule has 0 bridgehead atoms. The van der Waals surface area contributed by atoms with Gasteiger partial charge in [-0.15, -0.1) is 0 Å². The summed E-state index contributed by atoms with van der Waals surface area (Å²) in [6, 6.07) is 39.2. The second kappa shape index (κ2) is 19.8. The molecule has 2 aliphatic carbocycles. The first kappa shape index (κ1) is 46.4. The van der Waals surface area contributed by atoms with Gasteiger partial charge in [0.15, 0.2) is 0 Å². The summed E-state index contributed by atoms with van der Waals surface area (Å²) in [7, 11) is 0. The van der Waals surface area contributed by atoms with Crippen molar-refractivity contribution in [3.05, 3.63) is 175 Å². The van der Waals surface area contributed by atoms with E-state index in [1.807, 2.05) is 0 Å². The molecular weight excluding hydrogens is 864 g/mol. The van der Waals surface area contributed by atoms with Gasteiger partial charge in [-0.2, -0.15) is 0 Å². The zero-order valence-corrected chi connectivity index (χ0v) is 44.9. The number of unbranched alkanes of at least 4 members (excludes halogenated alkanes) is 4. The van der Waals surface area contributed by atoms with Crippen LogP contribution in [0.3, 0.4) is 0 Å². The first-order valence-electron chi connectivity index (χ1n) is 24.7. The fourth-order valence-corrected chi connectivity index (χ4v) is 34.7. The van der Waals surface area contributed by atoms with E-state index < -0.39 is 26.8 Å². The van der Waals surface area contributed by atoms with Crippen LogP contribution in [-0.2, 0) is 20.9 Å². The van der Waals surface area contributed by atoms with Gasteiger partial charge in [-0.05, 0) is 0 Å². The Kier molecular flexibility index (Phi) is 14.4. The van der Waals surface area contributed by atoms with Gasteiger partial charge in [0.05, 0.1) is 0 Å². The monoisotopic (exact) mass is 935 g/mol. The van der Waals surface area contributed by atoms with E-state index in [0.717, 1.165) is 0 Å². The minimum absolute atomic E-state index is 0.532. The molecule has 2 heteroatoms. The maximum atomic E-state index is 2.78. The zero-order chi connectivity index (χ0) is 45.4.